The molecule has 0 amide bonds. The first-order chi connectivity index (χ1) is 8.56. The van der Waals surface area contributed by atoms with Gasteiger partial charge in [-0.3, -0.25) is 4.79 Å². The molecule has 0 saturated heterocycles. The fourth-order valence-electron chi connectivity index (χ4n) is 1.31. The molecule has 0 aliphatic rings. The predicted molar refractivity (Wildman–Crippen MR) is 68.2 cm³/mol. The van der Waals surface area contributed by atoms with Crippen LogP contribution in [0.3, 0.4) is 0 Å². The topological polar surface area (TPSA) is 72.8 Å². The molecule has 0 aliphatic carbocycles. The van der Waals surface area contributed by atoms with E-state index in [1.165, 1.54) is 19.3 Å². The highest BCUT2D eigenvalue weighted by molar-refractivity contribution is 9.10. The summed E-state index contributed by atoms with van der Waals surface area (Å²) in [5, 5.41) is 9.64. The number of rotatable bonds is 5. The Labute approximate surface area is 112 Å². The standard InChI is InChI=1S/C12H11BrO5/c1-3-4-18-12(16)10-7(6-14)8(15)5-9(17-2)11(10)13/h3,5-6,15H,1,4H2,2H3. The lowest BCUT2D eigenvalue weighted by atomic mass is 10.1. The number of carbonyl (C=O) groups is 2. The molecule has 0 fully saturated rings. The minimum Gasteiger partial charge on any atom is -0.507 e. The number of esters is 1. The summed E-state index contributed by atoms with van der Waals surface area (Å²) in [4.78, 5) is 22.7. The zero-order chi connectivity index (χ0) is 13.7. The lowest BCUT2D eigenvalue weighted by Crippen LogP contribution is -2.10. The molecular formula is C12H11BrO5. The van der Waals surface area contributed by atoms with Crippen molar-refractivity contribution in [2.75, 3.05) is 13.7 Å². The summed E-state index contributed by atoms with van der Waals surface area (Å²) in [7, 11) is 1.37. The summed E-state index contributed by atoms with van der Waals surface area (Å²) in [6.45, 7) is 3.41. The van der Waals surface area contributed by atoms with E-state index in [4.69, 9.17) is 9.47 Å². The summed E-state index contributed by atoms with van der Waals surface area (Å²) in [5.74, 6) is -0.877. The Bertz CT molecular complexity index is 496. The number of phenolic OH excluding ortho intramolecular Hbond substituents is 1. The molecule has 0 aliphatic heterocycles. The van der Waals surface area contributed by atoms with Crippen molar-refractivity contribution in [1.82, 2.24) is 0 Å². The van der Waals surface area contributed by atoms with Crippen LogP contribution in [0.25, 0.3) is 0 Å². The van der Waals surface area contributed by atoms with E-state index in [0.29, 0.717) is 6.29 Å². The van der Waals surface area contributed by atoms with Crippen LogP contribution in [0, 0.1) is 0 Å². The van der Waals surface area contributed by atoms with E-state index in [1.807, 2.05) is 0 Å². The molecule has 1 rings (SSSR count). The highest BCUT2D eigenvalue weighted by Gasteiger charge is 2.23. The lowest BCUT2D eigenvalue weighted by molar-refractivity contribution is 0.0545. The Kier molecular flexibility index (Phi) is 4.91. The van der Waals surface area contributed by atoms with Crippen LogP contribution in [0.5, 0.6) is 11.5 Å². The van der Waals surface area contributed by atoms with E-state index in [9.17, 15) is 14.7 Å². The van der Waals surface area contributed by atoms with Crippen LogP contribution in [-0.2, 0) is 4.74 Å². The molecule has 0 heterocycles. The van der Waals surface area contributed by atoms with Gasteiger partial charge in [-0.15, -0.1) is 0 Å². The van der Waals surface area contributed by atoms with Crippen molar-refractivity contribution in [3.05, 3.63) is 34.3 Å². The lowest BCUT2D eigenvalue weighted by Gasteiger charge is -2.12. The quantitative estimate of drug-likeness (QED) is 0.513. The first kappa shape index (κ1) is 14.2. The number of benzene rings is 1. The molecule has 0 bridgehead atoms. The Hall–Kier alpha value is -1.82. The van der Waals surface area contributed by atoms with Crippen molar-refractivity contribution in [2.45, 2.75) is 0 Å². The van der Waals surface area contributed by atoms with E-state index >= 15 is 0 Å². The van der Waals surface area contributed by atoms with Gasteiger partial charge in [0.15, 0.2) is 6.29 Å². The minimum absolute atomic E-state index is 0.00153. The summed E-state index contributed by atoms with van der Waals surface area (Å²) >= 11 is 3.14. The fourth-order valence-corrected chi connectivity index (χ4v) is 1.96. The monoisotopic (exact) mass is 314 g/mol. The highest BCUT2D eigenvalue weighted by Crippen LogP contribution is 2.36. The van der Waals surface area contributed by atoms with Gasteiger partial charge in [0.1, 0.15) is 18.1 Å². The molecular weight excluding hydrogens is 304 g/mol. The predicted octanol–water partition coefficient (Wildman–Crippen LogP) is 2.32. The van der Waals surface area contributed by atoms with E-state index in [2.05, 4.69) is 22.5 Å². The Morgan fingerprint density at radius 2 is 2.28 bits per heavy atom. The van der Waals surface area contributed by atoms with Gasteiger partial charge in [0, 0.05) is 6.07 Å². The fraction of sp³-hybridized carbons (Fsp3) is 0.167. The Morgan fingerprint density at radius 1 is 1.61 bits per heavy atom. The first-order valence-corrected chi connectivity index (χ1v) is 5.68. The van der Waals surface area contributed by atoms with Gasteiger partial charge in [0.05, 0.1) is 22.7 Å². The SMILES string of the molecule is C=CCOC(=O)c1c(Br)c(OC)cc(O)c1C=O. The molecule has 0 saturated carbocycles. The molecule has 1 aromatic rings. The van der Waals surface area contributed by atoms with E-state index in [1.54, 1.807) is 0 Å². The summed E-state index contributed by atoms with van der Waals surface area (Å²) in [6.07, 6.45) is 1.77. The van der Waals surface area contributed by atoms with Crippen LogP contribution in [0.2, 0.25) is 0 Å². The smallest absolute Gasteiger partial charge is 0.340 e. The second-order valence-corrected chi connectivity index (χ2v) is 4.00. The third-order valence-electron chi connectivity index (χ3n) is 2.12. The highest BCUT2D eigenvalue weighted by atomic mass is 79.9. The van der Waals surface area contributed by atoms with Gasteiger partial charge in [-0.2, -0.15) is 0 Å². The second kappa shape index (κ2) is 6.20. The van der Waals surface area contributed by atoms with Gasteiger partial charge in [0.2, 0.25) is 0 Å². The number of halogens is 1. The molecule has 6 heteroatoms. The Morgan fingerprint density at radius 3 is 2.78 bits per heavy atom. The third kappa shape index (κ3) is 2.70. The molecule has 5 nitrogen and oxygen atoms in total. The molecule has 0 atom stereocenters. The summed E-state index contributed by atoms with van der Waals surface area (Å²) in [5.41, 5.74) is -0.236. The van der Waals surface area contributed by atoms with Crippen molar-refractivity contribution in [3.63, 3.8) is 0 Å². The average molecular weight is 315 g/mol. The molecule has 18 heavy (non-hydrogen) atoms. The maximum atomic E-state index is 11.8. The largest absolute Gasteiger partial charge is 0.507 e. The molecule has 96 valence electrons. The first-order valence-electron chi connectivity index (χ1n) is 4.89. The maximum Gasteiger partial charge on any atom is 0.340 e. The average Bonchev–Trinajstić information content (AvgIpc) is 2.37. The van der Waals surface area contributed by atoms with E-state index in [-0.39, 0.29) is 33.7 Å². The molecule has 1 N–H and O–H groups in total. The van der Waals surface area contributed by atoms with Gasteiger partial charge >= 0.3 is 5.97 Å². The van der Waals surface area contributed by atoms with Crippen LogP contribution in [0.1, 0.15) is 20.7 Å². The minimum atomic E-state index is -0.752. The van der Waals surface area contributed by atoms with Crippen molar-refractivity contribution in [3.8, 4) is 11.5 Å². The van der Waals surface area contributed by atoms with E-state index < -0.39 is 5.97 Å². The van der Waals surface area contributed by atoms with Crippen LogP contribution >= 0.6 is 15.9 Å². The number of aromatic hydroxyl groups is 1. The van der Waals surface area contributed by atoms with Crippen LogP contribution in [0.4, 0.5) is 0 Å². The number of hydrogen-bond acceptors (Lipinski definition) is 5. The molecule has 1 aromatic carbocycles. The van der Waals surface area contributed by atoms with Crippen LogP contribution in [-0.4, -0.2) is 31.1 Å². The van der Waals surface area contributed by atoms with Gasteiger partial charge in [0.25, 0.3) is 0 Å². The number of carbonyl (C=O) groups excluding carboxylic acids is 2. The van der Waals surface area contributed by atoms with E-state index in [0.717, 1.165) is 0 Å². The van der Waals surface area contributed by atoms with Gasteiger partial charge in [-0.05, 0) is 15.9 Å². The zero-order valence-electron chi connectivity index (χ0n) is 9.60. The van der Waals surface area contributed by atoms with Crippen LogP contribution < -0.4 is 4.74 Å². The zero-order valence-corrected chi connectivity index (χ0v) is 11.2. The third-order valence-corrected chi connectivity index (χ3v) is 2.91. The van der Waals surface area contributed by atoms with Gasteiger partial charge in [-0.25, -0.2) is 4.79 Å². The van der Waals surface area contributed by atoms with Gasteiger partial charge < -0.3 is 14.6 Å². The normalized spacial score (nSPS) is 9.67. The molecule has 0 spiro atoms. The Balaban J connectivity index is 3.38. The number of phenols is 1. The van der Waals surface area contributed by atoms with Crippen molar-refractivity contribution >= 4 is 28.2 Å². The number of methoxy groups -OCH3 is 1. The number of aldehydes is 1. The molecule has 0 aromatic heterocycles. The van der Waals surface area contributed by atoms with Crippen LogP contribution in [0.15, 0.2) is 23.2 Å². The number of ether oxygens (including phenoxy) is 2. The summed E-state index contributed by atoms with van der Waals surface area (Å²) in [6, 6.07) is 1.23. The van der Waals surface area contributed by atoms with Gasteiger partial charge in [-0.1, -0.05) is 12.7 Å². The number of hydrogen-bond donors (Lipinski definition) is 1. The molecule has 0 radical (unpaired) electrons. The second-order valence-electron chi connectivity index (χ2n) is 3.21. The maximum absolute atomic E-state index is 11.8. The summed E-state index contributed by atoms with van der Waals surface area (Å²) < 4.78 is 10.1. The van der Waals surface area contributed by atoms with Crippen molar-refractivity contribution in [1.29, 1.82) is 0 Å². The van der Waals surface area contributed by atoms with Crippen molar-refractivity contribution < 1.29 is 24.2 Å². The van der Waals surface area contributed by atoms with Crippen molar-refractivity contribution in [2.24, 2.45) is 0 Å². The molecule has 0 unspecified atom stereocenters.